The van der Waals surface area contributed by atoms with Crippen molar-refractivity contribution in [2.24, 2.45) is 40.1 Å². The molecule has 214 valence electrons. The molecular weight excluding hydrogens is 496 g/mol. The first-order valence-electron chi connectivity index (χ1n) is 14.4. The molecule has 3 aliphatic heterocycles. The lowest BCUT2D eigenvalue weighted by Crippen LogP contribution is -2.43. The Hall–Kier alpha value is -3.08. The standard InChI is InChI=1S/C28H44N8O3/c1-18(2)26(30)33-28(38)34-10-7-21(8-11-34)20(4)9-12-39-22-13-31-27(32-14-22)35-16-23(29)24(17-35)36-15-19(3)5-6-25(36)37/h13-14,18-21,23H,5-12,15-17,29H2,1-4H3,(H-,30,33,38)/p+1. The molecule has 0 saturated carbocycles. The number of likely N-dealkylation sites (tertiary alicyclic amines) is 1. The molecule has 11 heteroatoms. The zero-order valence-corrected chi connectivity index (χ0v) is 23.9. The van der Waals surface area contributed by atoms with Crippen LogP contribution in [0.4, 0.5) is 10.7 Å². The summed E-state index contributed by atoms with van der Waals surface area (Å²) in [5.74, 6) is 3.37. The van der Waals surface area contributed by atoms with Gasteiger partial charge in [0.2, 0.25) is 5.95 Å². The molecule has 1 aromatic rings. The van der Waals surface area contributed by atoms with Crippen LogP contribution in [-0.2, 0) is 4.79 Å². The number of ether oxygens (including phenoxy) is 1. The number of piperidine rings is 2. The fraction of sp³-hybridized carbons (Fsp3) is 0.714. The Morgan fingerprint density at radius 1 is 1.21 bits per heavy atom. The van der Waals surface area contributed by atoms with Crippen LogP contribution in [0.25, 0.3) is 0 Å². The van der Waals surface area contributed by atoms with Crippen LogP contribution in [0.3, 0.4) is 0 Å². The van der Waals surface area contributed by atoms with E-state index in [1.807, 2.05) is 23.3 Å². The molecule has 1 aromatic heterocycles. The third kappa shape index (κ3) is 7.32. The number of carbonyl (C=O) groups excluding carboxylic acids is 2. The van der Waals surface area contributed by atoms with E-state index in [2.05, 4.69) is 28.8 Å². The molecule has 4 rings (SSSR count). The Morgan fingerprint density at radius 3 is 2.56 bits per heavy atom. The maximum Gasteiger partial charge on any atom is 0.386 e. The first-order chi connectivity index (χ1) is 18.6. The van der Waals surface area contributed by atoms with Gasteiger partial charge in [0.15, 0.2) is 18.0 Å². The van der Waals surface area contributed by atoms with E-state index in [1.165, 1.54) is 0 Å². The molecular formula is C28H45N8O3+. The summed E-state index contributed by atoms with van der Waals surface area (Å²) in [5, 5.41) is 0. The van der Waals surface area contributed by atoms with Crippen molar-refractivity contribution in [1.82, 2.24) is 14.9 Å². The zero-order chi connectivity index (χ0) is 28.1. The second-order valence-corrected chi connectivity index (χ2v) is 11.8. The average Bonchev–Trinajstić information content (AvgIpc) is 3.31. The molecule has 3 unspecified atom stereocenters. The molecule has 4 heterocycles. The van der Waals surface area contributed by atoms with E-state index >= 15 is 0 Å². The van der Waals surface area contributed by atoms with Crippen molar-refractivity contribution in [3.8, 4) is 5.75 Å². The lowest BCUT2D eigenvalue weighted by molar-refractivity contribution is -0.466. The fourth-order valence-electron chi connectivity index (χ4n) is 5.56. The van der Waals surface area contributed by atoms with Gasteiger partial charge in [-0.05, 0) is 37.5 Å². The molecule has 3 aliphatic rings. The highest BCUT2D eigenvalue weighted by atomic mass is 16.5. The molecule has 0 bridgehead atoms. The van der Waals surface area contributed by atoms with Gasteiger partial charge in [0.25, 0.3) is 0 Å². The topological polar surface area (TPSA) is 143 Å². The van der Waals surface area contributed by atoms with Gasteiger partial charge < -0.3 is 26.0 Å². The van der Waals surface area contributed by atoms with Gasteiger partial charge in [0.1, 0.15) is 18.4 Å². The predicted octanol–water partition coefficient (Wildman–Crippen LogP) is 2.28. The Morgan fingerprint density at radius 2 is 1.90 bits per heavy atom. The van der Waals surface area contributed by atoms with Crippen molar-refractivity contribution >= 4 is 29.4 Å². The number of aliphatic imine (C=N–C) groups is 1. The highest BCUT2D eigenvalue weighted by Gasteiger charge is 2.39. The normalized spacial score (nSPS) is 25.9. The number of amides is 3. The Kier molecular flexibility index (Phi) is 9.53. The minimum atomic E-state index is -0.223. The van der Waals surface area contributed by atoms with Crippen LogP contribution in [0.1, 0.15) is 59.8 Å². The predicted molar refractivity (Wildman–Crippen MR) is 151 cm³/mol. The number of aromatic nitrogens is 2. The number of hydrogen-bond acceptors (Lipinski definition) is 7. The highest BCUT2D eigenvalue weighted by molar-refractivity contribution is 5.96. The van der Waals surface area contributed by atoms with E-state index in [0.29, 0.717) is 74.5 Å². The van der Waals surface area contributed by atoms with E-state index in [0.717, 1.165) is 37.9 Å². The molecule has 0 aromatic carbocycles. The molecule has 39 heavy (non-hydrogen) atoms. The number of urea groups is 1. The molecule has 3 amide bonds. The minimum Gasteiger partial charge on any atom is -0.490 e. The Bertz CT molecular complexity index is 1080. The smallest absolute Gasteiger partial charge is 0.386 e. The number of nitrogens with two attached hydrogens (primary N) is 2. The Balaban J connectivity index is 1.22. The summed E-state index contributed by atoms with van der Waals surface area (Å²) in [4.78, 5) is 41.7. The minimum absolute atomic E-state index is 0.0680. The van der Waals surface area contributed by atoms with Gasteiger partial charge in [-0.3, -0.25) is 0 Å². The van der Waals surface area contributed by atoms with E-state index in [4.69, 9.17) is 16.2 Å². The van der Waals surface area contributed by atoms with Crippen LogP contribution in [0.5, 0.6) is 5.75 Å². The van der Waals surface area contributed by atoms with Gasteiger partial charge in [-0.1, -0.05) is 27.7 Å². The Labute approximate surface area is 231 Å². The zero-order valence-electron chi connectivity index (χ0n) is 23.9. The maximum absolute atomic E-state index is 12.5. The third-order valence-corrected chi connectivity index (χ3v) is 8.36. The number of anilines is 1. The van der Waals surface area contributed by atoms with Gasteiger partial charge in [-0.25, -0.2) is 19.6 Å². The van der Waals surface area contributed by atoms with Crippen LogP contribution < -0.4 is 21.1 Å². The summed E-state index contributed by atoms with van der Waals surface area (Å²) in [6.07, 6.45) is 7.77. The molecule has 3 saturated heterocycles. The molecule has 3 atom stereocenters. The molecule has 0 aliphatic carbocycles. The van der Waals surface area contributed by atoms with E-state index in [1.54, 1.807) is 17.3 Å². The maximum atomic E-state index is 12.5. The lowest BCUT2D eigenvalue weighted by Gasteiger charge is -2.34. The summed E-state index contributed by atoms with van der Waals surface area (Å²) >= 11 is 0. The quantitative estimate of drug-likeness (QED) is 0.304. The first kappa shape index (κ1) is 28.9. The van der Waals surface area contributed by atoms with Crippen LogP contribution in [0.2, 0.25) is 0 Å². The molecule has 0 spiro atoms. The second-order valence-electron chi connectivity index (χ2n) is 11.8. The van der Waals surface area contributed by atoms with E-state index in [9.17, 15) is 9.59 Å². The van der Waals surface area contributed by atoms with Crippen LogP contribution >= 0.6 is 0 Å². The van der Waals surface area contributed by atoms with Gasteiger partial charge in [0.05, 0.1) is 25.4 Å². The van der Waals surface area contributed by atoms with Crippen LogP contribution in [-0.4, -0.2) is 88.3 Å². The van der Waals surface area contributed by atoms with Crippen molar-refractivity contribution in [2.45, 2.75) is 65.8 Å². The van der Waals surface area contributed by atoms with E-state index in [-0.39, 0.29) is 23.9 Å². The van der Waals surface area contributed by atoms with Crippen molar-refractivity contribution in [3.63, 3.8) is 0 Å². The summed E-state index contributed by atoms with van der Waals surface area (Å²) in [6, 6.07) is -0.421. The van der Waals surface area contributed by atoms with Gasteiger partial charge >= 0.3 is 11.9 Å². The van der Waals surface area contributed by atoms with Crippen molar-refractivity contribution < 1.29 is 18.9 Å². The van der Waals surface area contributed by atoms with Gasteiger partial charge in [-0.2, -0.15) is 9.57 Å². The second kappa shape index (κ2) is 12.8. The largest absolute Gasteiger partial charge is 0.490 e. The summed E-state index contributed by atoms with van der Waals surface area (Å²) in [7, 11) is 0. The van der Waals surface area contributed by atoms with Crippen molar-refractivity contribution in [2.75, 3.05) is 44.2 Å². The van der Waals surface area contributed by atoms with Crippen molar-refractivity contribution in [1.29, 1.82) is 0 Å². The average molecular weight is 542 g/mol. The van der Waals surface area contributed by atoms with Crippen LogP contribution in [0, 0.1) is 23.7 Å². The lowest BCUT2D eigenvalue weighted by atomic mass is 9.84. The molecule has 4 N–H and O–H groups in total. The van der Waals surface area contributed by atoms with Crippen LogP contribution in [0.15, 0.2) is 17.4 Å². The summed E-state index contributed by atoms with van der Waals surface area (Å²) in [6.45, 7) is 12.2. The van der Waals surface area contributed by atoms with Gasteiger partial charge in [0, 0.05) is 31.5 Å². The van der Waals surface area contributed by atoms with E-state index < -0.39 is 0 Å². The molecule has 0 radical (unpaired) electrons. The van der Waals surface area contributed by atoms with Gasteiger partial charge in [-0.15, -0.1) is 0 Å². The number of carbonyl (C=O) groups is 2. The first-order valence-corrected chi connectivity index (χ1v) is 14.4. The van der Waals surface area contributed by atoms with Crippen molar-refractivity contribution in [3.05, 3.63) is 12.4 Å². The highest BCUT2D eigenvalue weighted by Crippen LogP contribution is 2.28. The molecule has 3 fully saturated rings. The third-order valence-electron chi connectivity index (χ3n) is 8.36. The summed E-state index contributed by atoms with van der Waals surface area (Å²) < 4.78 is 7.84. The SMILES string of the molecule is CC1CCC(=O)[N+](=C2CN(c3ncc(OCCC(C)C4CCN(C(=O)N=C(N)C(C)C)CC4)cn3)CC2N)C1. The summed E-state index contributed by atoms with van der Waals surface area (Å²) in [5.41, 5.74) is 13.2. The number of hydrogen-bond donors (Lipinski definition) is 2. The molecule has 11 nitrogen and oxygen atoms in total. The number of nitrogens with zero attached hydrogens (tertiary/aromatic N) is 6. The number of rotatable bonds is 7. The number of amidine groups is 1. The fourth-order valence-corrected chi connectivity index (χ4v) is 5.56. The monoisotopic (exact) mass is 541 g/mol.